The van der Waals surface area contributed by atoms with Crippen LogP contribution in [0.2, 0.25) is 0 Å². The Morgan fingerprint density at radius 2 is 2.53 bits per heavy atom. The molecule has 7 heteroatoms. The Bertz CT molecular complexity index is 367. The van der Waals surface area contributed by atoms with Gasteiger partial charge in [-0.1, -0.05) is 0 Å². The second-order valence-corrected chi connectivity index (χ2v) is 4.57. The maximum absolute atomic E-state index is 10.5. The standard InChI is InChI=1S/C8H12N4O2S/c9-6-2-1-3-11(5-6)8-10-4-7(15-8)12(13)14/h4,6H,1-3,5,9H2. The van der Waals surface area contributed by atoms with Gasteiger partial charge in [-0.2, -0.15) is 0 Å². The molecule has 1 saturated heterocycles. The van der Waals surface area contributed by atoms with Crippen LogP contribution >= 0.6 is 11.3 Å². The first-order valence-electron chi connectivity index (χ1n) is 4.77. The molecule has 1 fully saturated rings. The number of nitrogens with two attached hydrogens (primary N) is 1. The highest BCUT2D eigenvalue weighted by Crippen LogP contribution is 2.29. The third kappa shape index (κ3) is 2.24. The summed E-state index contributed by atoms with van der Waals surface area (Å²) in [7, 11) is 0. The van der Waals surface area contributed by atoms with Crippen molar-refractivity contribution in [1.82, 2.24) is 4.98 Å². The van der Waals surface area contributed by atoms with Crippen LogP contribution in [0.15, 0.2) is 6.20 Å². The molecule has 1 aliphatic heterocycles. The summed E-state index contributed by atoms with van der Waals surface area (Å²) in [6.07, 6.45) is 3.35. The monoisotopic (exact) mass is 228 g/mol. The van der Waals surface area contributed by atoms with Gasteiger partial charge in [0.25, 0.3) is 0 Å². The predicted octanol–water partition coefficient (Wildman–Crippen LogP) is 0.979. The first-order chi connectivity index (χ1) is 7.16. The SMILES string of the molecule is NC1CCCN(c2ncc([N+](=O)[O-])s2)C1. The van der Waals surface area contributed by atoms with E-state index in [-0.39, 0.29) is 11.0 Å². The van der Waals surface area contributed by atoms with Crippen LogP contribution in [0, 0.1) is 10.1 Å². The largest absolute Gasteiger partial charge is 0.346 e. The number of aromatic nitrogens is 1. The number of anilines is 1. The molecule has 1 atom stereocenters. The number of hydrogen-bond donors (Lipinski definition) is 1. The number of thiazole rings is 1. The first-order valence-corrected chi connectivity index (χ1v) is 5.59. The fourth-order valence-corrected chi connectivity index (χ4v) is 2.44. The summed E-state index contributed by atoms with van der Waals surface area (Å²) in [5, 5.41) is 11.3. The highest BCUT2D eigenvalue weighted by atomic mass is 32.1. The normalized spacial score (nSPS) is 21.7. The molecule has 2 heterocycles. The average Bonchev–Trinajstić information content (AvgIpc) is 2.66. The predicted molar refractivity (Wildman–Crippen MR) is 58.2 cm³/mol. The minimum atomic E-state index is -0.412. The Balaban J connectivity index is 2.11. The molecule has 0 radical (unpaired) electrons. The molecule has 0 amide bonds. The van der Waals surface area contributed by atoms with Crippen LogP contribution in [0.25, 0.3) is 0 Å². The molecule has 0 aromatic carbocycles. The maximum Gasteiger partial charge on any atom is 0.345 e. The lowest BCUT2D eigenvalue weighted by molar-refractivity contribution is -0.380. The van der Waals surface area contributed by atoms with Gasteiger partial charge in [0.1, 0.15) is 6.20 Å². The summed E-state index contributed by atoms with van der Waals surface area (Å²) in [4.78, 5) is 16.1. The van der Waals surface area contributed by atoms with Crippen molar-refractivity contribution < 1.29 is 4.92 Å². The summed E-state index contributed by atoms with van der Waals surface area (Å²) >= 11 is 1.11. The smallest absolute Gasteiger partial charge is 0.345 e. The highest BCUT2D eigenvalue weighted by Gasteiger charge is 2.21. The summed E-state index contributed by atoms with van der Waals surface area (Å²) in [6, 6.07) is 0.154. The van der Waals surface area contributed by atoms with Crippen molar-refractivity contribution in [3.05, 3.63) is 16.3 Å². The lowest BCUT2D eigenvalue weighted by Crippen LogP contribution is -2.42. The zero-order chi connectivity index (χ0) is 10.8. The van der Waals surface area contributed by atoms with Crippen LogP contribution in [0.3, 0.4) is 0 Å². The van der Waals surface area contributed by atoms with Crippen molar-refractivity contribution in [2.24, 2.45) is 5.73 Å². The van der Waals surface area contributed by atoms with Gasteiger partial charge < -0.3 is 10.6 Å². The van der Waals surface area contributed by atoms with Gasteiger partial charge in [-0.15, -0.1) is 0 Å². The van der Waals surface area contributed by atoms with Gasteiger partial charge in [-0.05, 0) is 24.2 Å². The van der Waals surface area contributed by atoms with Crippen molar-refractivity contribution in [1.29, 1.82) is 0 Å². The maximum atomic E-state index is 10.5. The molecule has 1 unspecified atom stereocenters. The van der Waals surface area contributed by atoms with Crippen molar-refractivity contribution in [3.63, 3.8) is 0 Å². The molecule has 1 aromatic heterocycles. The van der Waals surface area contributed by atoms with Gasteiger partial charge >= 0.3 is 5.00 Å². The molecule has 82 valence electrons. The van der Waals surface area contributed by atoms with Gasteiger partial charge in [0.05, 0.1) is 4.92 Å². The third-order valence-corrected chi connectivity index (χ3v) is 3.40. The number of piperidine rings is 1. The van der Waals surface area contributed by atoms with Gasteiger partial charge in [0.15, 0.2) is 5.13 Å². The molecule has 0 saturated carbocycles. The second kappa shape index (κ2) is 4.11. The Morgan fingerprint density at radius 1 is 1.73 bits per heavy atom. The van der Waals surface area contributed by atoms with Crippen LogP contribution in [-0.4, -0.2) is 29.0 Å². The lowest BCUT2D eigenvalue weighted by atomic mass is 10.1. The quantitative estimate of drug-likeness (QED) is 0.602. The Kier molecular flexibility index (Phi) is 2.83. The molecular formula is C8H12N4O2S. The minimum absolute atomic E-state index is 0.0872. The van der Waals surface area contributed by atoms with Crippen LogP contribution in [-0.2, 0) is 0 Å². The molecule has 1 aliphatic rings. The minimum Gasteiger partial charge on any atom is -0.346 e. The fourth-order valence-electron chi connectivity index (χ4n) is 1.67. The van der Waals surface area contributed by atoms with Crippen LogP contribution in [0.5, 0.6) is 0 Å². The van der Waals surface area contributed by atoms with E-state index in [9.17, 15) is 10.1 Å². The number of nitro groups is 1. The molecular weight excluding hydrogens is 216 g/mol. The van der Waals surface area contributed by atoms with Gasteiger partial charge in [0, 0.05) is 19.1 Å². The zero-order valence-corrected chi connectivity index (χ0v) is 8.94. The number of hydrogen-bond acceptors (Lipinski definition) is 6. The van der Waals surface area contributed by atoms with E-state index in [2.05, 4.69) is 4.98 Å². The molecule has 1 aromatic rings. The molecule has 6 nitrogen and oxygen atoms in total. The summed E-state index contributed by atoms with van der Waals surface area (Å²) in [5.74, 6) is 0. The van der Waals surface area contributed by atoms with Crippen LogP contribution < -0.4 is 10.6 Å². The summed E-state index contributed by atoms with van der Waals surface area (Å²) in [5.41, 5.74) is 5.83. The van der Waals surface area contributed by atoms with Crippen molar-refractivity contribution in [2.75, 3.05) is 18.0 Å². The Labute approximate surface area is 90.9 Å². The topological polar surface area (TPSA) is 85.3 Å². The van der Waals surface area contributed by atoms with E-state index in [1.807, 2.05) is 4.90 Å². The van der Waals surface area contributed by atoms with Gasteiger partial charge in [-0.3, -0.25) is 10.1 Å². The third-order valence-electron chi connectivity index (χ3n) is 2.39. The Morgan fingerprint density at radius 3 is 3.13 bits per heavy atom. The summed E-state index contributed by atoms with van der Waals surface area (Å²) in [6.45, 7) is 1.63. The fraction of sp³-hybridized carbons (Fsp3) is 0.625. The van der Waals surface area contributed by atoms with Crippen molar-refractivity contribution in [2.45, 2.75) is 18.9 Å². The van der Waals surface area contributed by atoms with Crippen molar-refractivity contribution >= 4 is 21.5 Å². The summed E-state index contributed by atoms with van der Waals surface area (Å²) < 4.78 is 0. The molecule has 2 rings (SSSR count). The van der Waals surface area contributed by atoms with E-state index >= 15 is 0 Å². The lowest BCUT2D eigenvalue weighted by Gasteiger charge is -2.30. The van der Waals surface area contributed by atoms with Gasteiger partial charge in [0.2, 0.25) is 0 Å². The van der Waals surface area contributed by atoms with Crippen LogP contribution in [0.4, 0.5) is 10.1 Å². The molecule has 2 N–H and O–H groups in total. The van der Waals surface area contributed by atoms with E-state index in [1.54, 1.807) is 0 Å². The van der Waals surface area contributed by atoms with Crippen molar-refractivity contribution in [3.8, 4) is 0 Å². The van der Waals surface area contributed by atoms with E-state index in [0.29, 0.717) is 5.13 Å². The average molecular weight is 228 g/mol. The highest BCUT2D eigenvalue weighted by molar-refractivity contribution is 7.18. The van der Waals surface area contributed by atoms with Crippen LogP contribution in [0.1, 0.15) is 12.8 Å². The second-order valence-electron chi connectivity index (χ2n) is 3.59. The van der Waals surface area contributed by atoms with E-state index < -0.39 is 4.92 Å². The first kappa shape index (κ1) is 10.3. The van der Waals surface area contributed by atoms with Gasteiger partial charge in [-0.25, -0.2) is 4.98 Å². The molecule has 0 spiro atoms. The molecule has 15 heavy (non-hydrogen) atoms. The zero-order valence-electron chi connectivity index (χ0n) is 8.13. The number of nitrogens with zero attached hydrogens (tertiary/aromatic N) is 3. The van der Waals surface area contributed by atoms with E-state index in [1.165, 1.54) is 6.20 Å². The van der Waals surface area contributed by atoms with E-state index in [0.717, 1.165) is 37.3 Å². The van der Waals surface area contributed by atoms with E-state index in [4.69, 9.17) is 5.73 Å². The molecule has 0 bridgehead atoms. The molecule has 0 aliphatic carbocycles. The number of rotatable bonds is 2. The Hall–Kier alpha value is -1.21.